The summed E-state index contributed by atoms with van der Waals surface area (Å²) in [5.41, 5.74) is 2.87. The van der Waals surface area contributed by atoms with Gasteiger partial charge in [0.15, 0.2) is 0 Å². The van der Waals surface area contributed by atoms with Crippen LogP contribution in [0.15, 0.2) is 76.5 Å². The normalized spacial score (nSPS) is 17.5. The zero-order chi connectivity index (χ0) is 25.5. The van der Waals surface area contributed by atoms with Crippen molar-refractivity contribution in [3.05, 3.63) is 82.0 Å². The van der Waals surface area contributed by atoms with E-state index in [4.69, 9.17) is 4.74 Å². The third-order valence-electron chi connectivity index (χ3n) is 6.25. The van der Waals surface area contributed by atoms with E-state index in [1.54, 1.807) is 0 Å². The molecule has 0 bridgehead atoms. The van der Waals surface area contributed by atoms with Crippen LogP contribution in [0, 0.1) is 11.3 Å². The first-order valence-electron chi connectivity index (χ1n) is 12.1. The summed E-state index contributed by atoms with van der Waals surface area (Å²) in [6, 6.07) is 19.0. The van der Waals surface area contributed by atoms with Gasteiger partial charge in [0, 0.05) is 35.6 Å². The number of anilines is 1. The van der Waals surface area contributed by atoms with E-state index >= 15 is 0 Å². The van der Waals surface area contributed by atoms with Crippen LogP contribution in [0.5, 0.6) is 5.75 Å². The van der Waals surface area contributed by atoms with E-state index in [-0.39, 0.29) is 17.6 Å². The Hall–Kier alpha value is -3.70. The van der Waals surface area contributed by atoms with Gasteiger partial charge in [0.2, 0.25) is 5.91 Å². The van der Waals surface area contributed by atoms with Gasteiger partial charge in [-0.1, -0.05) is 48.2 Å². The minimum atomic E-state index is -0.646. The molecule has 2 aliphatic rings. The fraction of sp³-hybridized carbons (Fsp3) is 0.321. The lowest BCUT2D eigenvalue weighted by atomic mass is 9.81. The summed E-state index contributed by atoms with van der Waals surface area (Å²) >= 11 is 1.31. The summed E-state index contributed by atoms with van der Waals surface area (Å²) in [5.74, 6) is -0.0364. The fourth-order valence-electron chi connectivity index (χ4n) is 4.56. The fourth-order valence-corrected chi connectivity index (χ4v) is 5.55. The number of hydrogen-bond acceptors (Lipinski definition) is 6. The van der Waals surface area contributed by atoms with Crippen LogP contribution in [0.4, 0.5) is 5.69 Å². The van der Waals surface area contributed by atoms with Gasteiger partial charge in [0.25, 0.3) is 5.91 Å². The standard InChI is InChI=1S/C28H30N4O3S/c1-3-35-23-14-8-7-13-21(23)26-22(17-29)28(36-18-24(33)32-15-9-10-16-32)30-19(2)25(26)27(34)31-20-11-5-4-6-12-20/h4-8,11-14,26,30H,3,9-10,15-16,18H2,1-2H3,(H,31,34). The van der Waals surface area contributed by atoms with E-state index in [1.807, 2.05) is 73.3 Å². The molecule has 2 heterocycles. The molecule has 2 aromatic carbocycles. The zero-order valence-electron chi connectivity index (χ0n) is 20.5. The number of dihydropyridines is 1. The highest BCUT2D eigenvalue weighted by molar-refractivity contribution is 8.03. The maximum atomic E-state index is 13.6. The van der Waals surface area contributed by atoms with E-state index < -0.39 is 5.92 Å². The number of carbonyl (C=O) groups is 2. The van der Waals surface area contributed by atoms with Crippen molar-refractivity contribution in [2.45, 2.75) is 32.6 Å². The number of nitrogens with one attached hydrogen (secondary N) is 2. The van der Waals surface area contributed by atoms with Crippen LogP contribution in [-0.4, -0.2) is 42.2 Å². The van der Waals surface area contributed by atoms with Crippen molar-refractivity contribution < 1.29 is 14.3 Å². The summed E-state index contributed by atoms with van der Waals surface area (Å²) in [5, 5.41) is 17.1. The Morgan fingerprint density at radius 1 is 1.14 bits per heavy atom. The second-order valence-corrected chi connectivity index (χ2v) is 9.60. The lowest BCUT2D eigenvalue weighted by Crippen LogP contribution is -2.32. The summed E-state index contributed by atoms with van der Waals surface area (Å²) in [4.78, 5) is 28.2. The molecule has 0 aliphatic carbocycles. The largest absolute Gasteiger partial charge is 0.494 e. The average Bonchev–Trinajstić information content (AvgIpc) is 3.43. The Balaban J connectivity index is 1.72. The van der Waals surface area contributed by atoms with Crippen molar-refractivity contribution in [1.29, 1.82) is 5.26 Å². The zero-order valence-corrected chi connectivity index (χ0v) is 21.4. The molecule has 8 heteroatoms. The Bertz CT molecular complexity index is 1230. The SMILES string of the molecule is CCOc1ccccc1C1C(C#N)=C(SCC(=O)N2CCCC2)NC(C)=C1C(=O)Nc1ccccc1. The summed E-state index contributed by atoms with van der Waals surface area (Å²) < 4.78 is 5.89. The molecule has 4 rings (SSSR count). The maximum Gasteiger partial charge on any atom is 0.254 e. The van der Waals surface area contributed by atoms with Crippen LogP contribution in [0.2, 0.25) is 0 Å². The summed E-state index contributed by atoms with van der Waals surface area (Å²) in [6.45, 7) is 5.74. The number of ether oxygens (including phenoxy) is 1. The van der Waals surface area contributed by atoms with E-state index in [0.717, 1.165) is 31.5 Å². The molecule has 7 nitrogen and oxygen atoms in total. The van der Waals surface area contributed by atoms with E-state index in [2.05, 4.69) is 16.7 Å². The first kappa shape index (κ1) is 25.4. The highest BCUT2D eigenvalue weighted by Gasteiger charge is 2.36. The monoisotopic (exact) mass is 502 g/mol. The molecule has 1 atom stereocenters. The third-order valence-corrected chi connectivity index (χ3v) is 7.25. The van der Waals surface area contributed by atoms with Gasteiger partial charge in [0.1, 0.15) is 5.75 Å². The Labute approximate surface area is 216 Å². The van der Waals surface area contributed by atoms with Crippen molar-refractivity contribution in [3.8, 4) is 11.8 Å². The maximum absolute atomic E-state index is 13.6. The second-order valence-electron chi connectivity index (χ2n) is 8.62. The van der Waals surface area contributed by atoms with Gasteiger partial charge in [-0.15, -0.1) is 0 Å². The number of rotatable bonds is 8. The van der Waals surface area contributed by atoms with Crippen molar-refractivity contribution in [1.82, 2.24) is 10.2 Å². The Kier molecular flexibility index (Phi) is 8.34. The van der Waals surface area contributed by atoms with Crippen molar-refractivity contribution in [2.75, 3.05) is 30.8 Å². The van der Waals surface area contributed by atoms with Gasteiger partial charge >= 0.3 is 0 Å². The molecule has 2 aromatic rings. The first-order chi connectivity index (χ1) is 17.5. The highest BCUT2D eigenvalue weighted by atomic mass is 32.2. The lowest BCUT2D eigenvalue weighted by Gasteiger charge is -2.31. The number of benzene rings is 2. The van der Waals surface area contributed by atoms with Gasteiger partial charge in [0.05, 0.1) is 34.9 Å². The summed E-state index contributed by atoms with van der Waals surface area (Å²) in [6.07, 6.45) is 2.05. The van der Waals surface area contributed by atoms with Crippen LogP contribution in [0.25, 0.3) is 0 Å². The van der Waals surface area contributed by atoms with Crippen molar-refractivity contribution >= 4 is 29.3 Å². The number of para-hydroxylation sites is 2. The quantitative estimate of drug-likeness (QED) is 0.540. The molecule has 0 aromatic heterocycles. The molecular formula is C28H30N4O3S. The Morgan fingerprint density at radius 3 is 2.53 bits per heavy atom. The van der Waals surface area contributed by atoms with Crippen molar-refractivity contribution in [3.63, 3.8) is 0 Å². The van der Waals surface area contributed by atoms with E-state index in [9.17, 15) is 14.9 Å². The van der Waals surface area contributed by atoms with Gasteiger partial charge in [-0.25, -0.2) is 0 Å². The molecule has 186 valence electrons. The van der Waals surface area contributed by atoms with Crippen LogP contribution in [-0.2, 0) is 9.59 Å². The molecule has 1 unspecified atom stereocenters. The molecule has 36 heavy (non-hydrogen) atoms. The lowest BCUT2D eigenvalue weighted by molar-refractivity contribution is -0.127. The number of amides is 2. The van der Waals surface area contributed by atoms with E-state index in [1.165, 1.54) is 11.8 Å². The molecule has 0 spiro atoms. The minimum absolute atomic E-state index is 0.0598. The summed E-state index contributed by atoms with van der Waals surface area (Å²) in [7, 11) is 0. The predicted octanol–water partition coefficient (Wildman–Crippen LogP) is 4.78. The Morgan fingerprint density at radius 2 is 1.83 bits per heavy atom. The number of nitrogens with zero attached hydrogens (tertiary/aromatic N) is 2. The smallest absolute Gasteiger partial charge is 0.254 e. The number of thioether (sulfide) groups is 1. The van der Waals surface area contributed by atoms with Crippen LogP contribution in [0.1, 0.15) is 38.2 Å². The highest BCUT2D eigenvalue weighted by Crippen LogP contribution is 2.44. The molecule has 0 radical (unpaired) electrons. The number of allylic oxidation sites excluding steroid dienone is 2. The molecule has 1 fully saturated rings. The molecule has 2 amide bonds. The van der Waals surface area contributed by atoms with Crippen LogP contribution >= 0.6 is 11.8 Å². The minimum Gasteiger partial charge on any atom is -0.494 e. The van der Waals surface area contributed by atoms with Crippen LogP contribution in [0.3, 0.4) is 0 Å². The third kappa shape index (κ3) is 5.58. The topological polar surface area (TPSA) is 94.5 Å². The number of carbonyl (C=O) groups excluding carboxylic acids is 2. The molecular weight excluding hydrogens is 472 g/mol. The number of nitriles is 1. The first-order valence-corrected chi connectivity index (χ1v) is 13.1. The number of hydrogen-bond donors (Lipinski definition) is 2. The average molecular weight is 503 g/mol. The van der Waals surface area contributed by atoms with Gasteiger partial charge in [-0.2, -0.15) is 5.26 Å². The van der Waals surface area contributed by atoms with Crippen molar-refractivity contribution in [2.24, 2.45) is 0 Å². The second kappa shape index (κ2) is 11.8. The van der Waals surface area contributed by atoms with Crippen LogP contribution < -0.4 is 15.4 Å². The van der Waals surface area contributed by atoms with Gasteiger partial charge in [-0.3, -0.25) is 9.59 Å². The molecule has 1 saturated heterocycles. The van der Waals surface area contributed by atoms with Gasteiger partial charge in [-0.05, 0) is 44.9 Å². The predicted molar refractivity (Wildman–Crippen MR) is 142 cm³/mol. The molecule has 0 saturated carbocycles. The number of likely N-dealkylation sites (tertiary alicyclic amines) is 1. The molecule has 2 N–H and O–H groups in total. The van der Waals surface area contributed by atoms with E-state index in [0.29, 0.717) is 39.9 Å². The van der Waals surface area contributed by atoms with Gasteiger partial charge < -0.3 is 20.3 Å². The molecule has 2 aliphatic heterocycles.